The molecule has 156 valence electrons. The van der Waals surface area contributed by atoms with E-state index in [4.69, 9.17) is 14.2 Å². The van der Waals surface area contributed by atoms with Gasteiger partial charge in [-0.3, -0.25) is 4.79 Å². The van der Waals surface area contributed by atoms with Crippen LogP contribution in [0.5, 0.6) is 17.2 Å². The first kappa shape index (κ1) is 21.0. The zero-order valence-electron chi connectivity index (χ0n) is 17.2. The van der Waals surface area contributed by atoms with Gasteiger partial charge < -0.3 is 24.4 Å². The molecule has 0 aliphatic carbocycles. The molecule has 1 aliphatic rings. The zero-order valence-corrected chi connectivity index (χ0v) is 17.2. The van der Waals surface area contributed by atoms with Gasteiger partial charge in [-0.25, -0.2) is 0 Å². The number of hydrogen-bond acceptors (Lipinski definition) is 5. The third kappa shape index (κ3) is 5.87. The molecule has 0 saturated carbocycles. The van der Waals surface area contributed by atoms with Crippen molar-refractivity contribution < 1.29 is 19.0 Å². The highest BCUT2D eigenvalue weighted by Crippen LogP contribution is 2.29. The third-order valence-electron chi connectivity index (χ3n) is 5.02. The Balaban J connectivity index is 1.60. The summed E-state index contributed by atoms with van der Waals surface area (Å²) in [5.41, 5.74) is 0.613. The summed E-state index contributed by atoms with van der Waals surface area (Å²) in [7, 11) is 1.88. The molecule has 0 aromatic heterocycles. The van der Waals surface area contributed by atoms with Crippen LogP contribution in [0.1, 0.15) is 30.1 Å². The zero-order chi connectivity index (χ0) is 20.5. The van der Waals surface area contributed by atoms with Gasteiger partial charge in [-0.15, -0.1) is 0 Å². The summed E-state index contributed by atoms with van der Waals surface area (Å²) in [6.45, 7) is 5.12. The van der Waals surface area contributed by atoms with Crippen molar-refractivity contribution in [2.75, 3.05) is 40.0 Å². The van der Waals surface area contributed by atoms with E-state index >= 15 is 0 Å². The smallest absolute Gasteiger partial charge is 0.253 e. The summed E-state index contributed by atoms with van der Waals surface area (Å²) >= 11 is 0. The fourth-order valence-electron chi connectivity index (χ4n) is 3.42. The molecule has 3 rings (SSSR count). The Bertz CT molecular complexity index is 776. The summed E-state index contributed by atoms with van der Waals surface area (Å²) in [4.78, 5) is 14.8. The first-order valence-corrected chi connectivity index (χ1v) is 10.2. The molecule has 0 atom stereocenters. The van der Waals surface area contributed by atoms with Gasteiger partial charge in [0.1, 0.15) is 19.0 Å². The van der Waals surface area contributed by atoms with Crippen LogP contribution in [0.4, 0.5) is 0 Å². The van der Waals surface area contributed by atoms with Gasteiger partial charge in [-0.2, -0.15) is 0 Å². The fraction of sp³-hybridized carbons (Fsp3) is 0.435. The van der Waals surface area contributed by atoms with Crippen LogP contribution in [0.15, 0.2) is 48.5 Å². The Morgan fingerprint density at radius 1 is 1.00 bits per heavy atom. The molecule has 0 unspecified atom stereocenters. The molecule has 1 amide bonds. The highest BCUT2D eigenvalue weighted by Gasteiger charge is 2.23. The maximum Gasteiger partial charge on any atom is 0.253 e. The Kier molecular flexibility index (Phi) is 7.76. The lowest BCUT2D eigenvalue weighted by atomic mass is 10.0. The van der Waals surface area contributed by atoms with E-state index in [2.05, 4.69) is 5.32 Å². The number of nitrogens with zero attached hydrogens (tertiary/aromatic N) is 1. The molecule has 2 aromatic carbocycles. The van der Waals surface area contributed by atoms with Gasteiger partial charge in [0, 0.05) is 18.7 Å². The van der Waals surface area contributed by atoms with Crippen molar-refractivity contribution in [1.29, 1.82) is 0 Å². The van der Waals surface area contributed by atoms with Gasteiger partial charge in [0.25, 0.3) is 5.91 Å². The van der Waals surface area contributed by atoms with E-state index < -0.39 is 0 Å². The van der Waals surface area contributed by atoms with Crippen molar-refractivity contribution in [3.63, 3.8) is 0 Å². The first-order valence-electron chi connectivity index (χ1n) is 10.2. The summed E-state index contributed by atoms with van der Waals surface area (Å²) < 4.78 is 17.2. The molecular weight excluding hydrogens is 368 g/mol. The lowest BCUT2D eigenvalue weighted by Crippen LogP contribution is -2.43. The molecule has 6 heteroatoms. The molecular formula is C23H30N2O4. The molecule has 2 aromatic rings. The van der Waals surface area contributed by atoms with Crippen molar-refractivity contribution in [2.45, 2.75) is 25.8 Å². The Hall–Kier alpha value is -2.73. The number of hydrogen-bond donors (Lipinski definition) is 1. The van der Waals surface area contributed by atoms with Crippen molar-refractivity contribution in [3.8, 4) is 17.2 Å². The normalized spacial score (nSPS) is 14.3. The Labute approximate surface area is 172 Å². The van der Waals surface area contributed by atoms with E-state index in [9.17, 15) is 4.79 Å². The van der Waals surface area contributed by atoms with Gasteiger partial charge >= 0.3 is 0 Å². The lowest BCUT2D eigenvalue weighted by molar-refractivity contribution is 0.0702. The first-order chi connectivity index (χ1) is 14.2. The summed E-state index contributed by atoms with van der Waals surface area (Å²) in [6.07, 6.45) is 1.95. The second-order valence-corrected chi connectivity index (χ2v) is 7.00. The van der Waals surface area contributed by atoms with Crippen LogP contribution in [0.25, 0.3) is 0 Å². The van der Waals surface area contributed by atoms with Crippen molar-refractivity contribution in [1.82, 2.24) is 10.2 Å². The summed E-state index contributed by atoms with van der Waals surface area (Å²) in [6, 6.07) is 15.3. The molecule has 0 bridgehead atoms. The Morgan fingerprint density at radius 2 is 1.72 bits per heavy atom. The number of rotatable bonds is 9. The maximum absolute atomic E-state index is 12.9. The molecule has 1 N–H and O–H groups in total. The van der Waals surface area contributed by atoms with Crippen LogP contribution in [0, 0.1) is 0 Å². The van der Waals surface area contributed by atoms with Gasteiger partial charge in [-0.1, -0.05) is 18.2 Å². The second kappa shape index (κ2) is 10.7. The standard InChI is InChI=1S/C23H30N2O4/c1-3-27-22-17-18(23(26)25(2)19-11-13-24-14-12-19)9-10-21(22)29-16-15-28-20-7-5-4-6-8-20/h4-10,17,19,24H,3,11-16H2,1-2H3. The molecule has 0 radical (unpaired) electrons. The average Bonchev–Trinajstić information content (AvgIpc) is 2.78. The van der Waals surface area contributed by atoms with Crippen molar-refractivity contribution in [2.24, 2.45) is 0 Å². The third-order valence-corrected chi connectivity index (χ3v) is 5.02. The van der Waals surface area contributed by atoms with Crippen LogP contribution in [-0.2, 0) is 0 Å². The van der Waals surface area contributed by atoms with Crippen LogP contribution >= 0.6 is 0 Å². The minimum atomic E-state index is 0.0109. The van der Waals surface area contributed by atoms with Gasteiger partial charge in [0.05, 0.1) is 6.61 Å². The SMILES string of the molecule is CCOc1cc(C(=O)N(C)C2CCNCC2)ccc1OCCOc1ccccc1. The number of amides is 1. The van der Waals surface area contributed by atoms with Gasteiger partial charge in [0.2, 0.25) is 0 Å². The Morgan fingerprint density at radius 3 is 2.45 bits per heavy atom. The summed E-state index contributed by atoms with van der Waals surface area (Å²) in [5, 5.41) is 3.33. The molecule has 1 saturated heterocycles. The number of carbonyl (C=O) groups excluding carboxylic acids is 1. The maximum atomic E-state index is 12.9. The van der Waals surface area contributed by atoms with E-state index in [1.165, 1.54) is 0 Å². The topological polar surface area (TPSA) is 60.0 Å². The minimum Gasteiger partial charge on any atom is -0.490 e. The fourth-order valence-corrected chi connectivity index (χ4v) is 3.42. The van der Waals surface area contributed by atoms with E-state index in [1.54, 1.807) is 18.2 Å². The summed E-state index contributed by atoms with van der Waals surface area (Å²) in [5.74, 6) is 2.01. The van der Waals surface area contributed by atoms with Crippen molar-refractivity contribution >= 4 is 5.91 Å². The largest absolute Gasteiger partial charge is 0.490 e. The van der Waals surface area contributed by atoms with Crippen LogP contribution in [0.3, 0.4) is 0 Å². The van der Waals surface area contributed by atoms with Gasteiger partial charge in [-0.05, 0) is 63.2 Å². The number of piperidine rings is 1. The predicted molar refractivity (Wildman–Crippen MR) is 113 cm³/mol. The van der Waals surface area contributed by atoms with E-state index in [0.717, 1.165) is 31.7 Å². The monoisotopic (exact) mass is 398 g/mol. The van der Waals surface area contributed by atoms with E-state index in [1.807, 2.05) is 49.2 Å². The molecule has 0 spiro atoms. The molecule has 29 heavy (non-hydrogen) atoms. The van der Waals surface area contributed by atoms with Gasteiger partial charge in [0.15, 0.2) is 11.5 Å². The number of ether oxygens (including phenoxy) is 3. The average molecular weight is 399 g/mol. The highest BCUT2D eigenvalue weighted by atomic mass is 16.5. The van der Waals surface area contributed by atoms with Crippen LogP contribution in [0.2, 0.25) is 0 Å². The molecule has 1 fully saturated rings. The number of carbonyl (C=O) groups is 1. The number of para-hydroxylation sites is 1. The van der Waals surface area contributed by atoms with E-state index in [0.29, 0.717) is 36.9 Å². The number of benzene rings is 2. The minimum absolute atomic E-state index is 0.0109. The highest BCUT2D eigenvalue weighted by molar-refractivity contribution is 5.95. The molecule has 6 nitrogen and oxygen atoms in total. The molecule has 1 aliphatic heterocycles. The number of nitrogens with one attached hydrogen (secondary N) is 1. The quantitative estimate of drug-likeness (QED) is 0.657. The lowest BCUT2D eigenvalue weighted by Gasteiger charge is -2.31. The van der Waals surface area contributed by atoms with Crippen LogP contribution < -0.4 is 19.5 Å². The second-order valence-electron chi connectivity index (χ2n) is 7.00. The van der Waals surface area contributed by atoms with Crippen LogP contribution in [-0.4, -0.2) is 56.8 Å². The predicted octanol–water partition coefficient (Wildman–Crippen LogP) is 3.37. The van der Waals surface area contributed by atoms with E-state index in [-0.39, 0.29) is 11.9 Å². The molecule has 1 heterocycles. The van der Waals surface area contributed by atoms with Crippen molar-refractivity contribution in [3.05, 3.63) is 54.1 Å².